The Morgan fingerprint density at radius 3 is 2.55 bits per heavy atom. The van der Waals surface area contributed by atoms with E-state index in [1.54, 1.807) is 24.3 Å². The van der Waals surface area contributed by atoms with Gasteiger partial charge in [-0.3, -0.25) is 15.1 Å². The molecule has 5 heteroatoms. The highest BCUT2D eigenvalue weighted by molar-refractivity contribution is 6.00. The Kier molecular flexibility index (Phi) is 3.53. The fourth-order valence-corrected chi connectivity index (χ4v) is 2.31. The molecule has 0 spiro atoms. The van der Waals surface area contributed by atoms with Crippen LogP contribution in [0.3, 0.4) is 0 Å². The van der Waals surface area contributed by atoms with E-state index < -0.39 is 4.92 Å². The molecule has 0 fully saturated rings. The van der Waals surface area contributed by atoms with Crippen LogP contribution in [0.2, 0.25) is 0 Å². The SMILES string of the molecule is Nc1ccc2ccccc2c1N=Cc1ccccc1[N+](=O)[O-]. The largest absolute Gasteiger partial charge is 0.397 e. The zero-order valence-corrected chi connectivity index (χ0v) is 11.6. The normalized spacial score (nSPS) is 11.1. The van der Waals surface area contributed by atoms with Crippen LogP contribution in [0.15, 0.2) is 65.7 Å². The summed E-state index contributed by atoms with van der Waals surface area (Å²) in [6.07, 6.45) is 1.48. The van der Waals surface area contributed by atoms with Gasteiger partial charge in [0.25, 0.3) is 5.69 Å². The Morgan fingerprint density at radius 2 is 1.73 bits per heavy atom. The lowest BCUT2D eigenvalue weighted by Crippen LogP contribution is -1.94. The van der Waals surface area contributed by atoms with Gasteiger partial charge in [-0.2, -0.15) is 0 Å². The maximum absolute atomic E-state index is 11.0. The van der Waals surface area contributed by atoms with E-state index in [0.29, 0.717) is 16.9 Å². The van der Waals surface area contributed by atoms with Gasteiger partial charge in [0, 0.05) is 17.7 Å². The van der Waals surface area contributed by atoms with Crippen LogP contribution in [-0.4, -0.2) is 11.1 Å². The molecule has 5 nitrogen and oxygen atoms in total. The second-order valence-corrected chi connectivity index (χ2v) is 4.80. The van der Waals surface area contributed by atoms with Crippen molar-refractivity contribution < 1.29 is 4.92 Å². The third-order valence-electron chi connectivity index (χ3n) is 3.40. The number of nitro benzene ring substituents is 1. The number of nitrogens with zero attached hydrogens (tertiary/aromatic N) is 2. The number of fused-ring (bicyclic) bond motifs is 1. The Labute approximate surface area is 126 Å². The number of para-hydroxylation sites is 1. The summed E-state index contributed by atoms with van der Waals surface area (Å²) in [5, 5.41) is 13.0. The van der Waals surface area contributed by atoms with E-state index in [2.05, 4.69) is 4.99 Å². The molecule has 0 aliphatic rings. The van der Waals surface area contributed by atoms with E-state index in [-0.39, 0.29) is 5.69 Å². The highest BCUT2D eigenvalue weighted by atomic mass is 16.6. The van der Waals surface area contributed by atoms with Gasteiger partial charge in [-0.05, 0) is 17.5 Å². The Bertz CT molecular complexity index is 888. The van der Waals surface area contributed by atoms with Crippen LogP contribution < -0.4 is 5.73 Å². The van der Waals surface area contributed by atoms with E-state index in [9.17, 15) is 10.1 Å². The molecule has 2 N–H and O–H groups in total. The van der Waals surface area contributed by atoms with Crippen molar-refractivity contribution in [2.45, 2.75) is 0 Å². The summed E-state index contributed by atoms with van der Waals surface area (Å²) in [7, 11) is 0. The van der Waals surface area contributed by atoms with Gasteiger partial charge in [0.05, 0.1) is 21.9 Å². The molecule has 0 radical (unpaired) electrons. The topological polar surface area (TPSA) is 81.5 Å². The second kappa shape index (κ2) is 5.65. The molecule has 22 heavy (non-hydrogen) atoms. The first-order chi connectivity index (χ1) is 10.7. The Hall–Kier alpha value is -3.21. The first kappa shape index (κ1) is 13.8. The molecule has 3 aromatic carbocycles. The zero-order chi connectivity index (χ0) is 15.5. The molecule has 3 rings (SSSR count). The average molecular weight is 291 g/mol. The number of anilines is 1. The maximum Gasteiger partial charge on any atom is 0.278 e. The minimum Gasteiger partial charge on any atom is -0.397 e. The fourth-order valence-electron chi connectivity index (χ4n) is 2.31. The number of nitrogens with two attached hydrogens (primary N) is 1. The van der Waals surface area contributed by atoms with Crippen molar-refractivity contribution >= 4 is 34.0 Å². The van der Waals surface area contributed by atoms with Crippen LogP contribution in [0.25, 0.3) is 10.8 Å². The maximum atomic E-state index is 11.0. The Balaban J connectivity index is 2.11. The molecule has 0 unspecified atom stereocenters. The van der Waals surface area contributed by atoms with Crippen molar-refractivity contribution in [2.24, 2.45) is 4.99 Å². The predicted molar refractivity (Wildman–Crippen MR) is 88.7 cm³/mol. The molecule has 0 aliphatic heterocycles. The van der Waals surface area contributed by atoms with Gasteiger partial charge in [0.2, 0.25) is 0 Å². The van der Waals surface area contributed by atoms with E-state index in [4.69, 9.17) is 5.73 Å². The van der Waals surface area contributed by atoms with Gasteiger partial charge >= 0.3 is 0 Å². The van der Waals surface area contributed by atoms with Crippen molar-refractivity contribution in [3.05, 3.63) is 76.3 Å². The minimum atomic E-state index is -0.423. The lowest BCUT2D eigenvalue weighted by atomic mass is 10.1. The molecule has 0 bridgehead atoms. The second-order valence-electron chi connectivity index (χ2n) is 4.80. The highest BCUT2D eigenvalue weighted by Crippen LogP contribution is 2.32. The van der Waals surface area contributed by atoms with Gasteiger partial charge in [-0.15, -0.1) is 0 Å². The third-order valence-corrected chi connectivity index (χ3v) is 3.40. The van der Waals surface area contributed by atoms with E-state index in [1.165, 1.54) is 12.3 Å². The van der Waals surface area contributed by atoms with Crippen molar-refractivity contribution in [1.29, 1.82) is 0 Å². The third kappa shape index (κ3) is 2.52. The molecule has 0 heterocycles. The summed E-state index contributed by atoms with van der Waals surface area (Å²) in [5.74, 6) is 0. The molecular weight excluding hydrogens is 278 g/mol. The van der Waals surface area contributed by atoms with Crippen LogP contribution in [0.1, 0.15) is 5.56 Å². The van der Waals surface area contributed by atoms with Gasteiger partial charge < -0.3 is 5.73 Å². The zero-order valence-electron chi connectivity index (χ0n) is 11.6. The minimum absolute atomic E-state index is 0.0186. The van der Waals surface area contributed by atoms with Gasteiger partial charge in [0.1, 0.15) is 0 Å². The van der Waals surface area contributed by atoms with Crippen LogP contribution in [0.4, 0.5) is 17.1 Å². The fraction of sp³-hybridized carbons (Fsp3) is 0. The number of hydrogen-bond donors (Lipinski definition) is 1. The standard InChI is InChI=1S/C17H13N3O2/c18-15-10-9-12-5-1-3-7-14(12)17(15)19-11-13-6-2-4-8-16(13)20(21)22/h1-11H,18H2. The van der Waals surface area contributed by atoms with Crippen LogP contribution in [-0.2, 0) is 0 Å². The van der Waals surface area contributed by atoms with Gasteiger partial charge in [-0.25, -0.2) is 0 Å². The van der Waals surface area contributed by atoms with Crippen LogP contribution >= 0.6 is 0 Å². The monoisotopic (exact) mass is 291 g/mol. The highest BCUT2D eigenvalue weighted by Gasteiger charge is 2.10. The molecule has 0 aliphatic carbocycles. The van der Waals surface area contributed by atoms with Crippen molar-refractivity contribution in [2.75, 3.05) is 5.73 Å². The quantitative estimate of drug-likeness (QED) is 0.341. The summed E-state index contributed by atoms with van der Waals surface area (Å²) in [5.41, 5.74) is 7.62. The van der Waals surface area contributed by atoms with Crippen molar-refractivity contribution in [3.63, 3.8) is 0 Å². The summed E-state index contributed by atoms with van der Waals surface area (Å²) in [6, 6.07) is 17.9. The van der Waals surface area contributed by atoms with Gasteiger partial charge in [0.15, 0.2) is 0 Å². The van der Waals surface area contributed by atoms with Crippen LogP contribution in [0.5, 0.6) is 0 Å². The van der Waals surface area contributed by atoms with Crippen molar-refractivity contribution in [1.82, 2.24) is 0 Å². The summed E-state index contributed by atoms with van der Waals surface area (Å²) in [6.45, 7) is 0. The smallest absolute Gasteiger partial charge is 0.278 e. The lowest BCUT2D eigenvalue weighted by Gasteiger charge is -2.05. The number of hydrogen-bond acceptors (Lipinski definition) is 4. The molecule has 0 aromatic heterocycles. The molecule has 3 aromatic rings. The predicted octanol–water partition coefficient (Wildman–Crippen LogP) is 4.08. The summed E-state index contributed by atoms with van der Waals surface area (Å²) in [4.78, 5) is 15.0. The van der Waals surface area contributed by atoms with Crippen LogP contribution in [0, 0.1) is 10.1 Å². The molecule has 0 atom stereocenters. The summed E-state index contributed by atoms with van der Waals surface area (Å²) < 4.78 is 0. The first-order valence-electron chi connectivity index (χ1n) is 6.71. The Morgan fingerprint density at radius 1 is 1.00 bits per heavy atom. The lowest BCUT2D eigenvalue weighted by molar-refractivity contribution is -0.385. The number of rotatable bonds is 3. The molecule has 0 saturated carbocycles. The molecule has 0 saturated heterocycles. The number of aliphatic imine (C=N–C) groups is 1. The van der Waals surface area contributed by atoms with E-state index in [1.807, 2.05) is 30.3 Å². The number of benzene rings is 3. The number of nitrogen functional groups attached to an aromatic ring is 1. The average Bonchev–Trinajstić information content (AvgIpc) is 2.54. The molecule has 0 amide bonds. The molecule has 108 valence electrons. The van der Waals surface area contributed by atoms with Gasteiger partial charge in [-0.1, -0.05) is 42.5 Å². The van der Waals surface area contributed by atoms with E-state index >= 15 is 0 Å². The van der Waals surface area contributed by atoms with Crippen molar-refractivity contribution in [3.8, 4) is 0 Å². The molecular formula is C17H13N3O2. The van der Waals surface area contributed by atoms with E-state index in [0.717, 1.165) is 10.8 Å². The summed E-state index contributed by atoms with van der Waals surface area (Å²) >= 11 is 0. The first-order valence-corrected chi connectivity index (χ1v) is 6.71. The number of nitro groups is 1.